The van der Waals surface area contributed by atoms with Gasteiger partial charge in [0.15, 0.2) is 5.76 Å². The summed E-state index contributed by atoms with van der Waals surface area (Å²) in [4.78, 5) is 16.6. The van der Waals surface area contributed by atoms with Gasteiger partial charge in [0, 0.05) is 24.4 Å². The monoisotopic (exact) mass is 316 g/mol. The fourth-order valence-electron chi connectivity index (χ4n) is 2.86. The van der Waals surface area contributed by atoms with Gasteiger partial charge in [-0.15, -0.1) is 0 Å². The summed E-state index contributed by atoms with van der Waals surface area (Å²) in [6, 6.07) is 8.71. The van der Waals surface area contributed by atoms with Crippen molar-refractivity contribution >= 4 is 5.91 Å². The highest BCUT2D eigenvalue weighted by atomic mass is 16.4. The number of rotatable bonds is 6. The van der Waals surface area contributed by atoms with Crippen LogP contribution in [0.4, 0.5) is 0 Å². The fourth-order valence-corrected chi connectivity index (χ4v) is 2.86. The normalized spacial score (nSPS) is 21.5. The van der Waals surface area contributed by atoms with Crippen molar-refractivity contribution in [3.8, 4) is 0 Å². The van der Waals surface area contributed by atoms with Crippen LogP contribution in [0.5, 0.6) is 0 Å². The molecule has 0 aliphatic heterocycles. The van der Waals surface area contributed by atoms with Crippen molar-refractivity contribution in [3.05, 3.63) is 53.7 Å². The second-order valence-electron chi connectivity index (χ2n) is 5.91. The van der Waals surface area contributed by atoms with E-state index < -0.39 is 0 Å². The Morgan fingerprint density at radius 3 is 2.78 bits per heavy atom. The summed E-state index contributed by atoms with van der Waals surface area (Å²) in [7, 11) is 0. The Balaban J connectivity index is 1.69. The fraction of sp³-hybridized carbons (Fsp3) is 0.412. The van der Waals surface area contributed by atoms with E-state index in [0.717, 1.165) is 5.69 Å². The Kier molecular flexibility index (Phi) is 4.73. The van der Waals surface area contributed by atoms with Crippen LogP contribution in [0.1, 0.15) is 34.9 Å². The lowest BCUT2D eigenvalue weighted by Crippen LogP contribution is -2.48. The quantitative estimate of drug-likeness (QED) is 0.746. The molecule has 3 N–H and O–H groups in total. The predicted octanol–water partition coefficient (Wildman–Crippen LogP) is 1.28. The van der Waals surface area contributed by atoms with E-state index in [1.807, 2.05) is 18.2 Å². The number of pyridine rings is 1. The van der Waals surface area contributed by atoms with E-state index >= 15 is 0 Å². The molecule has 1 fully saturated rings. The number of hydrogen-bond donors (Lipinski definition) is 3. The number of aromatic nitrogens is 1. The van der Waals surface area contributed by atoms with Crippen LogP contribution in [0.3, 0.4) is 0 Å². The summed E-state index contributed by atoms with van der Waals surface area (Å²) in [5.41, 5.74) is 0.898. The van der Waals surface area contributed by atoms with Crippen molar-refractivity contribution in [2.45, 2.75) is 38.0 Å². The third-order valence-corrected chi connectivity index (χ3v) is 4.23. The SMILES string of the molecule is O=C(N[C@@H](Cc1ccccn1)C1CC(O)C1)c1ccc(CO)o1. The van der Waals surface area contributed by atoms with Crippen LogP contribution in [-0.4, -0.2) is 33.3 Å². The minimum absolute atomic E-state index is 0.108. The van der Waals surface area contributed by atoms with E-state index in [2.05, 4.69) is 10.3 Å². The second kappa shape index (κ2) is 6.93. The molecule has 122 valence electrons. The van der Waals surface area contributed by atoms with Crippen LogP contribution < -0.4 is 5.32 Å². The Labute approximate surface area is 134 Å². The van der Waals surface area contributed by atoms with E-state index in [4.69, 9.17) is 9.52 Å². The second-order valence-corrected chi connectivity index (χ2v) is 5.91. The van der Waals surface area contributed by atoms with Gasteiger partial charge in [-0.2, -0.15) is 0 Å². The first kappa shape index (κ1) is 15.7. The summed E-state index contributed by atoms with van der Waals surface area (Å²) < 4.78 is 5.27. The molecular formula is C17H20N2O4. The minimum Gasteiger partial charge on any atom is -0.453 e. The van der Waals surface area contributed by atoms with Crippen molar-refractivity contribution < 1.29 is 19.4 Å². The number of furan rings is 1. The van der Waals surface area contributed by atoms with E-state index in [-0.39, 0.29) is 36.3 Å². The molecule has 6 heteroatoms. The van der Waals surface area contributed by atoms with Gasteiger partial charge < -0.3 is 19.9 Å². The predicted molar refractivity (Wildman–Crippen MR) is 82.6 cm³/mol. The van der Waals surface area contributed by atoms with Crippen LogP contribution in [0.2, 0.25) is 0 Å². The Bertz CT molecular complexity index is 650. The molecule has 0 aromatic carbocycles. The standard InChI is InChI=1S/C17H20N2O4/c20-10-14-4-5-16(23-14)17(22)19-15(11-7-13(21)8-11)9-12-3-1-2-6-18-12/h1-6,11,13,15,20-21H,7-10H2,(H,19,22)/t11?,13?,15-/m0/s1. The highest BCUT2D eigenvalue weighted by Crippen LogP contribution is 2.31. The molecule has 1 amide bonds. The Morgan fingerprint density at radius 2 is 2.17 bits per heavy atom. The van der Waals surface area contributed by atoms with E-state index in [1.54, 1.807) is 18.3 Å². The van der Waals surface area contributed by atoms with Crippen molar-refractivity contribution in [2.75, 3.05) is 0 Å². The molecule has 2 aromatic rings. The molecule has 6 nitrogen and oxygen atoms in total. The van der Waals surface area contributed by atoms with Gasteiger partial charge >= 0.3 is 0 Å². The molecule has 0 radical (unpaired) electrons. The highest BCUT2D eigenvalue weighted by molar-refractivity contribution is 5.91. The molecule has 1 atom stereocenters. The summed E-state index contributed by atoms with van der Waals surface area (Å²) >= 11 is 0. The smallest absolute Gasteiger partial charge is 0.287 e. The maximum atomic E-state index is 12.3. The molecule has 1 aliphatic carbocycles. The molecule has 0 saturated heterocycles. The molecule has 3 rings (SSSR count). The van der Waals surface area contributed by atoms with Crippen molar-refractivity contribution in [2.24, 2.45) is 5.92 Å². The van der Waals surface area contributed by atoms with Gasteiger partial charge in [0.05, 0.1) is 6.10 Å². The summed E-state index contributed by atoms with van der Waals surface area (Å²) in [6.45, 7) is -0.237. The molecule has 0 unspecified atom stereocenters. The van der Waals surface area contributed by atoms with Gasteiger partial charge in [0.25, 0.3) is 5.91 Å². The van der Waals surface area contributed by atoms with Gasteiger partial charge in [-0.1, -0.05) is 6.07 Å². The zero-order valence-electron chi connectivity index (χ0n) is 12.7. The number of carbonyl (C=O) groups excluding carboxylic acids is 1. The maximum absolute atomic E-state index is 12.3. The van der Waals surface area contributed by atoms with E-state index in [1.165, 1.54) is 0 Å². The van der Waals surface area contributed by atoms with Gasteiger partial charge in [0.2, 0.25) is 0 Å². The molecular weight excluding hydrogens is 296 g/mol. The summed E-state index contributed by atoms with van der Waals surface area (Å²) in [5.74, 6) is 0.450. The van der Waals surface area contributed by atoms with Crippen LogP contribution >= 0.6 is 0 Å². The number of nitrogens with one attached hydrogen (secondary N) is 1. The third-order valence-electron chi connectivity index (χ3n) is 4.23. The van der Waals surface area contributed by atoms with Crippen LogP contribution in [-0.2, 0) is 13.0 Å². The van der Waals surface area contributed by atoms with Crippen LogP contribution in [0.25, 0.3) is 0 Å². The van der Waals surface area contributed by atoms with Gasteiger partial charge in [-0.25, -0.2) is 0 Å². The number of hydrogen-bond acceptors (Lipinski definition) is 5. The first-order valence-corrected chi connectivity index (χ1v) is 7.74. The number of aliphatic hydroxyl groups is 2. The highest BCUT2D eigenvalue weighted by Gasteiger charge is 2.35. The zero-order valence-corrected chi connectivity index (χ0v) is 12.7. The number of amides is 1. The van der Waals surface area contributed by atoms with Crippen LogP contribution in [0, 0.1) is 5.92 Å². The van der Waals surface area contributed by atoms with Crippen LogP contribution in [0.15, 0.2) is 40.9 Å². The molecule has 1 aliphatic rings. The number of carbonyl (C=O) groups is 1. The Hall–Kier alpha value is -2.18. The van der Waals surface area contributed by atoms with Gasteiger partial charge in [-0.3, -0.25) is 9.78 Å². The largest absolute Gasteiger partial charge is 0.453 e. The lowest BCUT2D eigenvalue weighted by Gasteiger charge is -2.37. The lowest BCUT2D eigenvalue weighted by molar-refractivity contribution is 0.0234. The lowest BCUT2D eigenvalue weighted by atomic mass is 9.76. The maximum Gasteiger partial charge on any atom is 0.287 e. The average molecular weight is 316 g/mol. The molecule has 0 bridgehead atoms. The molecule has 2 heterocycles. The first-order valence-electron chi connectivity index (χ1n) is 7.74. The molecule has 0 spiro atoms. The van der Waals surface area contributed by atoms with Gasteiger partial charge in [0.1, 0.15) is 12.4 Å². The van der Waals surface area contributed by atoms with E-state index in [0.29, 0.717) is 25.0 Å². The first-order chi connectivity index (χ1) is 11.2. The molecule has 1 saturated carbocycles. The summed E-state index contributed by atoms with van der Waals surface area (Å²) in [5, 5.41) is 21.5. The number of aliphatic hydroxyl groups excluding tert-OH is 2. The van der Waals surface area contributed by atoms with Crippen molar-refractivity contribution in [1.82, 2.24) is 10.3 Å². The minimum atomic E-state index is -0.313. The third kappa shape index (κ3) is 3.78. The Morgan fingerprint density at radius 1 is 1.35 bits per heavy atom. The number of nitrogens with zero attached hydrogens (tertiary/aromatic N) is 1. The topological polar surface area (TPSA) is 95.6 Å². The summed E-state index contributed by atoms with van der Waals surface area (Å²) in [6.07, 6.45) is 3.41. The van der Waals surface area contributed by atoms with Gasteiger partial charge in [-0.05, 0) is 43.0 Å². The zero-order chi connectivity index (χ0) is 16.2. The average Bonchev–Trinajstić information content (AvgIpc) is 3.01. The van der Waals surface area contributed by atoms with Crippen molar-refractivity contribution in [3.63, 3.8) is 0 Å². The molecule has 2 aromatic heterocycles. The van der Waals surface area contributed by atoms with Crippen molar-refractivity contribution in [1.29, 1.82) is 0 Å². The molecule has 23 heavy (non-hydrogen) atoms. The van der Waals surface area contributed by atoms with E-state index in [9.17, 15) is 9.90 Å².